The van der Waals surface area contributed by atoms with Gasteiger partial charge in [-0.05, 0) is 0 Å². The van der Waals surface area contributed by atoms with Crippen LogP contribution in [-0.2, 0) is 0 Å². The van der Waals surface area contributed by atoms with E-state index in [0.29, 0.717) is 15.0 Å². The van der Waals surface area contributed by atoms with Gasteiger partial charge in [-0.2, -0.15) is 0 Å². The van der Waals surface area contributed by atoms with Gasteiger partial charge in [0.2, 0.25) is 0 Å². The van der Waals surface area contributed by atoms with Crippen molar-refractivity contribution >= 4 is 26.7 Å². The van der Waals surface area contributed by atoms with Crippen molar-refractivity contribution in [2.24, 2.45) is 0 Å². The second-order valence-electron chi connectivity index (χ2n) is 2.63. The van der Waals surface area contributed by atoms with Crippen LogP contribution in [0.2, 0.25) is 5.82 Å². The molecule has 1 nitrogen and oxygen atoms in total. The summed E-state index contributed by atoms with van der Waals surface area (Å²) in [6, 6.07) is 0. The predicted molar refractivity (Wildman–Crippen MR) is 58.7 cm³/mol. The van der Waals surface area contributed by atoms with E-state index in [-0.39, 0.29) is 6.10 Å². The maximum atomic E-state index is 9.13. The summed E-state index contributed by atoms with van der Waals surface area (Å²) in [5.41, 5.74) is 0. The van der Waals surface area contributed by atoms with Crippen LogP contribution in [0, 0.1) is 0 Å². The molecular formula is C9H18OSSe. The first kappa shape index (κ1) is 12.6. The molecule has 0 saturated heterocycles. The Morgan fingerprint density at radius 2 is 2.33 bits per heavy atom. The molecule has 12 heavy (non-hydrogen) atoms. The van der Waals surface area contributed by atoms with Crippen LogP contribution in [0.15, 0.2) is 9.88 Å². The van der Waals surface area contributed by atoms with Gasteiger partial charge in [0.05, 0.1) is 0 Å². The van der Waals surface area contributed by atoms with Crippen molar-refractivity contribution in [3.05, 3.63) is 9.88 Å². The number of aliphatic hydroxyl groups is 1. The van der Waals surface area contributed by atoms with Gasteiger partial charge in [0, 0.05) is 0 Å². The number of thioether (sulfide) groups is 1. The zero-order chi connectivity index (χ0) is 9.40. The SMILES string of the molecule is CCCCS/C(=C/C(C)O)[Se]C. The second kappa shape index (κ2) is 8.18. The van der Waals surface area contributed by atoms with E-state index in [2.05, 4.69) is 12.7 Å². The topological polar surface area (TPSA) is 20.2 Å². The molecule has 0 radical (unpaired) electrons. The quantitative estimate of drug-likeness (QED) is 0.579. The molecule has 0 fully saturated rings. The Bertz CT molecular complexity index is 134. The Balaban J connectivity index is 3.67. The molecule has 1 unspecified atom stereocenters. The molecule has 0 aromatic rings. The zero-order valence-corrected chi connectivity index (χ0v) is 10.6. The molecule has 72 valence electrons. The summed E-state index contributed by atoms with van der Waals surface area (Å²) < 4.78 is 1.38. The fraction of sp³-hybridized carbons (Fsp3) is 0.778. The average molecular weight is 253 g/mol. The molecule has 0 spiro atoms. The van der Waals surface area contributed by atoms with E-state index in [4.69, 9.17) is 5.11 Å². The van der Waals surface area contributed by atoms with Gasteiger partial charge >= 0.3 is 86.1 Å². The predicted octanol–water partition coefficient (Wildman–Crippen LogP) is 2.49. The van der Waals surface area contributed by atoms with Crippen LogP contribution < -0.4 is 0 Å². The normalized spacial score (nSPS) is 14.8. The molecule has 0 aromatic carbocycles. The standard InChI is InChI=1S/C9H18OSSe/c1-4-5-6-11-9(12-3)7-8(2)10/h7-8,10H,4-6H2,1-3H3/b9-7-. The molecule has 0 rings (SSSR count). The summed E-state index contributed by atoms with van der Waals surface area (Å²) in [5, 5.41) is 9.13. The van der Waals surface area contributed by atoms with Crippen LogP contribution in [-0.4, -0.2) is 31.9 Å². The minimum absolute atomic E-state index is 0.282. The van der Waals surface area contributed by atoms with Gasteiger partial charge < -0.3 is 0 Å². The van der Waals surface area contributed by atoms with Crippen LogP contribution in [0.25, 0.3) is 0 Å². The zero-order valence-electron chi connectivity index (χ0n) is 8.04. The third-order valence-corrected chi connectivity index (χ3v) is 4.97. The molecular weight excluding hydrogens is 235 g/mol. The third-order valence-electron chi connectivity index (χ3n) is 1.32. The number of aliphatic hydroxyl groups excluding tert-OH is 1. The summed E-state index contributed by atoms with van der Waals surface area (Å²) in [5.74, 6) is 3.39. The first-order valence-corrected chi connectivity index (χ1v) is 7.83. The van der Waals surface area contributed by atoms with Gasteiger partial charge in [-0.25, -0.2) is 0 Å². The summed E-state index contributed by atoms with van der Waals surface area (Å²) >= 11 is 2.44. The van der Waals surface area contributed by atoms with Gasteiger partial charge in [0.15, 0.2) is 0 Å². The van der Waals surface area contributed by atoms with Gasteiger partial charge in [-0.15, -0.1) is 0 Å². The molecule has 0 aliphatic carbocycles. The molecule has 0 heterocycles. The number of rotatable bonds is 6. The van der Waals surface area contributed by atoms with Crippen LogP contribution in [0.5, 0.6) is 0 Å². The number of unbranched alkanes of at least 4 members (excludes halogenated alkanes) is 1. The molecule has 0 bridgehead atoms. The van der Waals surface area contributed by atoms with Crippen LogP contribution in [0.1, 0.15) is 26.7 Å². The van der Waals surface area contributed by atoms with Crippen LogP contribution >= 0.6 is 11.8 Å². The van der Waals surface area contributed by atoms with Crippen LogP contribution in [0.4, 0.5) is 0 Å². The third kappa shape index (κ3) is 7.23. The fourth-order valence-electron chi connectivity index (χ4n) is 0.689. The van der Waals surface area contributed by atoms with Crippen molar-refractivity contribution in [1.29, 1.82) is 0 Å². The van der Waals surface area contributed by atoms with Gasteiger partial charge in [0.1, 0.15) is 0 Å². The van der Waals surface area contributed by atoms with Crippen molar-refractivity contribution in [2.75, 3.05) is 5.75 Å². The second-order valence-corrected chi connectivity index (χ2v) is 6.13. The summed E-state index contributed by atoms with van der Waals surface area (Å²) in [7, 11) is 0. The molecule has 0 aromatic heterocycles. The Kier molecular flexibility index (Phi) is 8.57. The van der Waals surface area contributed by atoms with Gasteiger partial charge in [-0.3, -0.25) is 0 Å². The Morgan fingerprint density at radius 3 is 2.75 bits per heavy atom. The molecule has 0 aliphatic rings. The van der Waals surface area contributed by atoms with E-state index in [1.54, 1.807) is 0 Å². The van der Waals surface area contributed by atoms with E-state index in [1.165, 1.54) is 22.4 Å². The molecule has 0 aliphatic heterocycles. The van der Waals surface area contributed by atoms with Crippen molar-refractivity contribution < 1.29 is 5.11 Å². The number of hydrogen-bond acceptors (Lipinski definition) is 2. The fourth-order valence-corrected chi connectivity index (χ4v) is 3.70. The van der Waals surface area contributed by atoms with Crippen molar-refractivity contribution in [1.82, 2.24) is 0 Å². The molecule has 3 heteroatoms. The molecule has 0 saturated carbocycles. The monoisotopic (exact) mass is 254 g/mol. The number of hydrogen-bond donors (Lipinski definition) is 1. The first-order chi connectivity index (χ1) is 5.70. The summed E-state index contributed by atoms with van der Waals surface area (Å²) in [6.45, 7) is 4.02. The van der Waals surface area contributed by atoms with E-state index < -0.39 is 0 Å². The van der Waals surface area contributed by atoms with Gasteiger partial charge in [-0.1, -0.05) is 0 Å². The summed E-state index contributed by atoms with van der Waals surface area (Å²) in [4.78, 5) is 0. The maximum absolute atomic E-state index is 9.13. The Labute approximate surface area is 86.2 Å². The van der Waals surface area contributed by atoms with E-state index in [1.807, 2.05) is 24.8 Å². The van der Waals surface area contributed by atoms with Crippen LogP contribution in [0.3, 0.4) is 0 Å². The van der Waals surface area contributed by atoms with Crippen molar-refractivity contribution in [3.63, 3.8) is 0 Å². The molecule has 1 N–H and O–H groups in total. The van der Waals surface area contributed by atoms with Crippen molar-refractivity contribution in [2.45, 2.75) is 38.6 Å². The summed E-state index contributed by atoms with van der Waals surface area (Å²) in [6.07, 6.45) is 4.22. The Morgan fingerprint density at radius 1 is 1.67 bits per heavy atom. The van der Waals surface area contributed by atoms with Gasteiger partial charge in [0.25, 0.3) is 0 Å². The molecule has 0 amide bonds. The first-order valence-electron chi connectivity index (χ1n) is 4.27. The van der Waals surface area contributed by atoms with E-state index in [0.717, 1.165) is 0 Å². The van der Waals surface area contributed by atoms with E-state index >= 15 is 0 Å². The Hall–Kier alpha value is 0.569. The van der Waals surface area contributed by atoms with E-state index in [9.17, 15) is 0 Å². The molecule has 1 atom stereocenters. The average Bonchev–Trinajstić information content (AvgIpc) is 2.02. The van der Waals surface area contributed by atoms with Crippen molar-refractivity contribution in [3.8, 4) is 0 Å². The minimum atomic E-state index is -0.282.